The summed E-state index contributed by atoms with van der Waals surface area (Å²) < 4.78 is 1.82. The summed E-state index contributed by atoms with van der Waals surface area (Å²) in [7, 11) is 1.93. The molecule has 1 heterocycles. The quantitative estimate of drug-likeness (QED) is 0.758. The zero-order valence-corrected chi connectivity index (χ0v) is 10.5. The van der Waals surface area contributed by atoms with E-state index in [0.29, 0.717) is 0 Å². The van der Waals surface area contributed by atoms with Crippen LogP contribution in [0.3, 0.4) is 0 Å². The third-order valence-corrected chi connectivity index (χ3v) is 2.64. The highest BCUT2D eigenvalue weighted by molar-refractivity contribution is 6.17. The number of aryl methyl sites for hydroxylation is 1. The molecule has 4 heteroatoms. The second kappa shape index (κ2) is 5.52. The largest absolute Gasteiger partial charge is 0.311 e. The van der Waals surface area contributed by atoms with Crippen LogP contribution in [-0.4, -0.2) is 22.2 Å². The molecule has 0 radical (unpaired) electrons. The molecule has 1 N–H and O–H groups in total. The minimum atomic E-state index is 0.260. The number of nitrogens with zero attached hydrogens (tertiary/aromatic N) is 2. The molecule has 1 rings (SSSR count). The molecule has 0 bridgehead atoms. The number of aromatic nitrogens is 2. The van der Waals surface area contributed by atoms with Gasteiger partial charge in [0.25, 0.3) is 0 Å². The number of alkyl halides is 1. The molecule has 1 aromatic rings. The Morgan fingerprint density at radius 2 is 2.27 bits per heavy atom. The van der Waals surface area contributed by atoms with Gasteiger partial charge in [0.2, 0.25) is 0 Å². The van der Waals surface area contributed by atoms with E-state index in [-0.39, 0.29) is 5.41 Å². The molecule has 0 saturated carbocycles. The first-order valence-electron chi connectivity index (χ1n) is 5.29. The van der Waals surface area contributed by atoms with Crippen LogP contribution >= 0.6 is 11.6 Å². The van der Waals surface area contributed by atoms with Crippen molar-refractivity contribution in [1.82, 2.24) is 15.1 Å². The first kappa shape index (κ1) is 12.5. The molecule has 1 aromatic heterocycles. The summed E-state index contributed by atoms with van der Waals surface area (Å²) >= 11 is 5.74. The lowest BCUT2D eigenvalue weighted by atomic mass is 9.90. The lowest BCUT2D eigenvalue weighted by Gasteiger charge is -2.23. The zero-order chi connectivity index (χ0) is 11.3. The Morgan fingerprint density at radius 3 is 2.80 bits per heavy atom. The molecular formula is C11H20ClN3. The first-order chi connectivity index (χ1) is 7.03. The Hall–Kier alpha value is -0.540. The second-order valence-corrected chi connectivity index (χ2v) is 5.07. The van der Waals surface area contributed by atoms with Crippen molar-refractivity contribution in [3.05, 3.63) is 18.0 Å². The minimum absolute atomic E-state index is 0.260. The van der Waals surface area contributed by atoms with Crippen molar-refractivity contribution in [2.75, 3.05) is 12.4 Å². The number of halogens is 1. The topological polar surface area (TPSA) is 29.9 Å². The molecule has 0 unspecified atom stereocenters. The number of rotatable bonds is 6. The monoisotopic (exact) mass is 229 g/mol. The van der Waals surface area contributed by atoms with E-state index < -0.39 is 0 Å². The van der Waals surface area contributed by atoms with E-state index in [1.807, 2.05) is 24.0 Å². The van der Waals surface area contributed by atoms with Crippen molar-refractivity contribution in [3.8, 4) is 0 Å². The van der Waals surface area contributed by atoms with Gasteiger partial charge in [-0.2, -0.15) is 5.10 Å². The van der Waals surface area contributed by atoms with Gasteiger partial charge >= 0.3 is 0 Å². The maximum atomic E-state index is 5.74. The van der Waals surface area contributed by atoms with Crippen LogP contribution in [0.25, 0.3) is 0 Å². The van der Waals surface area contributed by atoms with Crippen molar-refractivity contribution in [1.29, 1.82) is 0 Å². The van der Waals surface area contributed by atoms with Crippen LogP contribution in [0.15, 0.2) is 12.3 Å². The molecule has 0 aromatic carbocycles. The second-order valence-electron chi connectivity index (χ2n) is 4.69. The van der Waals surface area contributed by atoms with Crippen LogP contribution in [0.2, 0.25) is 0 Å². The molecule has 0 saturated heterocycles. The third kappa shape index (κ3) is 4.67. The maximum Gasteiger partial charge on any atom is 0.0762 e. The Balaban J connectivity index is 2.27. The number of hydrogen-bond donors (Lipinski definition) is 1. The van der Waals surface area contributed by atoms with Gasteiger partial charge < -0.3 is 5.32 Å². The predicted molar refractivity (Wildman–Crippen MR) is 64.0 cm³/mol. The molecule has 0 aliphatic carbocycles. The first-order valence-corrected chi connectivity index (χ1v) is 5.82. The fraction of sp³-hybridized carbons (Fsp3) is 0.727. The van der Waals surface area contributed by atoms with Crippen LogP contribution in [0.4, 0.5) is 0 Å². The number of nitrogens with one attached hydrogen (secondary N) is 1. The van der Waals surface area contributed by atoms with Crippen LogP contribution < -0.4 is 5.32 Å². The Kier molecular flexibility index (Phi) is 4.61. The van der Waals surface area contributed by atoms with Gasteiger partial charge in [-0.05, 0) is 17.9 Å². The van der Waals surface area contributed by atoms with E-state index in [9.17, 15) is 0 Å². The molecule has 0 spiro atoms. The highest BCUT2D eigenvalue weighted by Crippen LogP contribution is 2.19. The summed E-state index contributed by atoms with van der Waals surface area (Å²) in [4.78, 5) is 0. The summed E-state index contributed by atoms with van der Waals surface area (Å²) in [6.45, 7) is 6.24. The Morgan fingerprint density at radius 1 is 1.53 bits per heavy atom. The minimum Gasteiger partial charge on any atom is -0.311 e. The van der Waals surface area contributed by atoms with Crippen molar-refractivity contribution in [2.24, 2.45) is 12.5 Å². The van der Waals surface area contributed by atoms with E-state index in [1.165, 1.54) is 0 Å². The average Bonchev–Trinajstić information content (AvgIpc) is 2.51. The van der Waals surface area contributed by atoms with Gasteiger partial charge in [0.15, 0.2) is 0 Å². The van der Waals surface area contributed by atoms with E-state index >= 15 is 0 Å². The fourth-order valence-corrected chi connectivity index (χ4v) is 1.94. The predicted octanol–water partition coefficient (Wildman–Crippen LogP) is 2.16. The van der Waals surface area contributed by atoms with Gasteiger partial charge in [0.05, 0.1) is 5.69 Å². The highest BCUT2D eigenvalue weighted by Gasteiger charge is 2.16. The zero-order valence-electron chi connectivity index (χ0n) is 9.76. The molecule has 0 aliphatic heterocycles. The van der Waals surface area contributed by atoms with Gasteiger partial charge in [-0.3, -0.25) is 4.68 Å². The molecule has 0 aliphatic rings. The molecular weight excluding hydrogens is 210 g/mol. The summed E-state index contributed by atoms with van der Waals surface area (Å²) in [5, 5.41) is 7.71. The summed E-state index contributed by atoms with van der Waals surface area (Å²) in [5.41, 5.74) is 1.34. The smallest absolute Gasteiger partial charge is 0.0762 e. The summed E-state index contributed by atoms with van der Waals surface area (Å²) in [6.07, 6.45) is 2.99. The lowest BCUT2D eigenvalue weighted by molar-refractivity contribution is 0.329. The molecule has 86 valence electrons. The van der Waals surface area contributed by atoms with Gasteiger partial charge in [-0.15, -0.1) is 11.6 Å². The Bertz CT molecular complexity index is 294. The van der Waals surface area contributed by atoms with Crippen molar-refractivity contribution in [3.63, 3.8) is 0 Å². The molecule has 0 atom stereocenters. The van der Waals surface area contributed by atoms with Gasteiger partial charge in [-0.25, -0.2) is 0 Å². The van der Waals surface area contributed by atoms with Crippen molar-refractivity contribution >= 4 is 11.6 Å². The summed E-state index contributed by atoms with van der Waals surface area (Å²) in [5.74, 6) is 0.721. The van der Waals surface area contributed by atoms with E-state index in [2.05, 4.69) is 24.3 Å². The van der Waals surface area contributed by atoms with Crippen LogP contribution in [0, 0.1) is 5.41 Å². The van der Waals surface area contributed by atoms with E-state index in [4.69, 9.17) is 11.6 Å². The van der Waals surface area contributed by atoms with Gasteiger partial charge in [0, 0.05) is 32.2 Å². The van der Waals surface area contributed by atoms with Crippen molar-refractivity contribution in [2.45, 2.75) is 26.8 Å². The van der Waals surface area contributed by atoms with Gasteiger partial charge in [0.1, 0.15) is 0 Å². The SMILES string of the molecule is Cn1ccc(CNCC(C)(C)CCCl)n1. The Labute approximate surface area is 96.8 Å². The van der Waals surface area contributed by atoms with Crippen LogP contribution in [0.5, 0.6) is 0 Å². The standard InChI is InChI=1S/C11H20ClN3/c1-11(2,5-6-12)9-13-8-10-4-7-15(3)14-10/h4,7,13H,5-6,8-9H2,1-3H3. The average molecular weight is 230 g/mol. The molecule has 3 nitrogen and oxygen atoms in total. The van der Waals surface area contributed by atoms with E-state index in [1.54, 1.807) is 0 Å². The van der Waals surface area contributed by atoms with Gasteiger partial charge in [-0.1, -0.05) is 13.8 Å². The van der Waals surface area contributed by atoms with Crippen LogP contribution in [0.1, 0.15) is 26.0 Å². The molecule has 0 fully saturated rings. The fourth-order valence-electron chi connectivity index (χ4n) is 1.43. The highest BCUT2D eigenvalue weighted by atomic mass is 35.5. The lowest BCUT2D eigenvalue weighted by Crippen LogP contribution is -2.29. The maximum absolute atomic E-state index is 5.74. The van der Waals surface area contributed by atoms with Crippen molar-refractivity contribution < 1.29 is 0 Å². The third-order valence-electron chi connectivity index (χ3n) is 2.45. The normalized spacial score (nSPS) is 12.0. The number of hydrogen-bond acceptors (Lipinski definition) is 2. The summed E-state index contributed by atoms with van der Waals surface area (Å²) in [6, 6.07) is 2.03. The molecule has 0 amide bonds. The van der Waals surface area contributed by atoms with E-state index in [0.717, 1.165) is 31.1 Å². The van der Waals surface area contributed by atoms with Crippen LogP contribution in [-0.2, 0) is 13.6 Å². The molecule has 15 heavy (non-hydrogen) atoms.